The highest BCUT2D eigenvalue weighted by Gasteiger charge is 2.32. The fourth-order valence-electron chi connectivity index (χ4n) is 4.23. The van der Waals surface area contributed by atoms with Gasteiger partial charge in [0.25, 0.3) is 0 Å². The zero-order chi connectivity index (χ0) is 21.3. The summed E-state index contributed by atoms with van der Waals surface area (Å²) in [6.07, 6.45) is 9.72. The van der Waals surface area contributed by atoms with Crippen LogP contribution in [0, 0.1) is 17.7 Å². The summed E-state index contributed by atoms with van der Waals surface area (Å²) in [6, 6.07) is 15.0. The van der Waals surface area contributed by atoms with Crippen LogP contribution in [0.5, 0.6) is 0 Å². The monoisotopic (exact) mass is 408 g/mol. The van der Waals surface area contributed by atoms with Gasteiger partial charge in [0, 0.05) is 24.3 Å². The molecule has 3 nitrogen and oxygen atoms in total. The van der Waals surface area contributed by atoms with Gasteiger partial charge in [-0.25, -0.2) is 4.39 Å². The van der Waals surface area contributed by atoms with Crippen LogP contribution < -0.4 is 0 Å². The standard InChI is InChI=1S/C26H29FO3/c27-24-18-22(19-8-4-3-5-9-19)15-14-21(24)13-12-20-16-17-25(28)23(20)10-6-1-2-7-11-26(29)30/h3-5,8-9,12-15,18,20,23H,1-2,6-7,10-11,16-17H2,(H,29,30)/t20-,23+/m1/s1. The molecule has 0 amide bonds. The van der Waals surface area contributed by atoms with E-state index in [1.807, 2.05) is 48.6 Å². The van der Waals surface area contributed by atoms with Crippen LogP contribution in [0.4, 0.5) is 4.39 Å². The Kier molecular flexibility index (Phi) is 7.95. The Bertz CT molecular complexity index is 888. The molecule has 0 unspecified atom stereocenters. The summed E-state index contributed by atoms with van der Waals surface area (Å²) in [5.74, 6) is -0.547. The molecule has 2 atom stereocenters. The summed E-state index contributed by atoms with van der Waals surface area (Å²) in [5, 5.41) is 8.68. The molecule has 1 saturated carbocycles. The van der Waals surface area contributed by atoms with E-state index in [1.165, 1.54) is 0 Å². The first-order valence-corrected chi connectivity index (χ1v) is 10.8. The van der Waals surface area contributed by atoms with E-state index >= 15 is 0 Å². The molecule has 3 rings (SSSR count). The highest BCUT2D eigenvalue weighted by molar-refractivity contribution is 5.84. The minimum Gasteiger partial charge on any atom is -0.481 e. The second-order valence-corrected chi connectivity index (χ2v) is 8.08. The van der Waals surface area contributed by atoms with Gasteiger partial charge in [-0.1, -0.05) is 73.9 Å². The molecular weight excluding hydrogens is 379 g/mol. The maximum absolute atomic E-state index is 14.6. The summed E-state index contributed by atoms with van der Waals surface area (Å²) in [5.41, 5.74) is 2.38. The number of carbonyl (C=O) groups excluding carboxylic acids is 1. The van der Waals surface area contributed by atoms with E-state index in [2.05, 4.69) is 0 Å². The highest BCUT2D eigenvalue weighted by atomic mass is 19.1. The summed E-state index contributed by atoms with van der Waals surface area (Å²) in [7, 11) is 0. The van der Waals surface area contributed by atoms with E-state index in [9.17, 15) is 14.0 Å². The average Bonchev–Trinajstić information content (AvgIpc) is 3.09. The molecule has 0 aliphatic heterocycles. The molecule has 1 aliphatic rings. The van der Waals surface area contributed by atoms with Gasteiger partial charge in [0.15, 0.2) is 0 Å². The molecule has 0 aromatic heterocycles. The van der Waals surface area contributed by atoms with Crippen molar-refractivity contribution in [1.29, 1.82) is 0 Å². The largest absolute Gasteiger partial charge is 0.481 e. The van der Waals surface area contributed by atoms with Crippen LogP contribution in [0.15, 0.2) is 54.6 Å². The number of rotatable bonds is 10. The van der Waals surface area contributed by atoms with Gasteiger partial charge in [-0.3, -0.25) is 9.59 Å². The first-order chi connectivity index (χ1) is 14.5. The number of carbonyl (C=O) groups is 2. The molecule has 158 valence electrons. The van der Waals surface area contributed by atoms with E-state index < -0.39 is 5.97 Å². The fraction of sp³-hybridized carbons (Fsp3) is 0.385. The molecule has 1 fully saturated rings. The Hall–Kier alpha value is -2.75. The molecule has 0 heterocycles. The van der Waals surface area contributed by atoms with Crippen molar-refractivity contribution in [2.45, 2.75) is 51.4 Å². The lowest BCUT2D eigenvalue weighted by atomic mass is 9.89. The number of allylic oxidation sites excluding steroid dienone is 1. The topological polar surface area (TPSA) is 54.4 Å². The molecule has 2 aromatic rings. The van der Waals surface area contributed by atoms with Crippen LogP contribution in [0.3, 0.4) is 0 Å². The first-order valence-electron chi connectivity index (χ1n) is 10.8. The number of carboxylic acids is 1. The van der Waals surface area contributed by atoms with Gasteiger partial charge in [0.2, 0.25) is 0 Å². The van der Waals surface area contributed by atoms with Crippen LogP contribution in [-0.4, -0.2) is 16.9 Å². The minimum absolute atomic E-state index is 0.00683. The van der Waals surface area contributed by atoms with Crippen molar-refractivity contribution in [3.8, 4) is 11.1 Å². The van der Waals surface area contributed by atoms with Gasteiger partial charge in [0.05, 0.1) is 0 Å². The van der Waals surface area contributed by atoms with E-state index in [-0.39, 0.29) is 24.1 Å². The van der Waals surface area contributed by atoms with E-state index in [0.29, 0.717) is 24.2 Å². The minimum atomic E-state index is -0.754. The Morgan fingerprint density at radius 2 is 1.80 bits per heavy atom. The zero-order valence-electron chi connectivity index (χ0n) is 17.2. The molecule has 0 bridgehead atoms. The van der Waals surface area contributed by atoms with Crippen molar-refractivity contribution in [1.82, 2.24) is 0 Å². The first kappa shape index (κ1) is 21.9. The van der Waals surface area contributed by atoms with Gasteiger partial charge >= 0.3 is 5.97 Å². The molecule has 4 heteroatoms. The predicted octanol–water partition coefficient (Wildman–Crippen LogP) is 6.53. The Balaban J connectivity index is 1.56. The number of unbranched alkanes of at least 4 members (excludes halogenated alkanes) is 3. The number of hydrogen-bond donors (Lipinski definition) is 1. The number of ketones is 1. The van der Waals surface area contributed by atoms with Crippen molar-refractivity contribution in [3.63, 3.8) is 0 Å². The molecule has 1 aliphatic carbocycles. The number of carboxylic acid groups (broad SMARTS) is 1. The predicted molar refractivity (Wildman–Crippen MR) is 117 cm³/mol. The van der Waals surface area contributed by atoms with Crippen LogP contribution in [0.2, 0.25) is 0 Å². The number of aliphatic carboxylic acids is 1. The number of halogens is 1. The maximum Gasteiger partial charge on any atom is 0.303 e. The van der Waals surface area contributed by atoms with Gasteiger partial charge in [0.1, 0.15) is 11.6 Å². The molecule has 2 aromatic carbocycles. The average molecular weight is 409 g/mol. The molecular formula is C26H29FO3. The van der Waals surface area contributed by atoms with Gasteiger partial charge < -0.3 is 5.11 Å². The van der Waals surface area contributed by atoms with Crippen LogP contribution >= 0.6 is 0 Å². The van der Waals surface area contributed by atoms with Crippen LogP contribution in [-0.2, 0) is 9.59 Å². The van der Waals surface area contributed by atoms with E-state index in [1.54, 1.807) is 12.1 Å². The number of benzene rings is 2. The normalized spacial score (nSPS) is 18.9. The van der Waals surface area contributed by atoms with Crippen molar-refractivity contribution < 1.29 is 19.1 Å². The third kappa shape index (κ3) is 6.12. The third-order valence-corrected chi connectivity index (χ3v) is 5.94. The molecule has 30 heavy (non-hydrogen) atoms. The van der Waals surface area contributed by atoms with E-state index in [4.69, 9.17) is 5.11 Å². The van der Waals surface area contributed by atoms with Gasteiger partial charge in [-0.2, -0.15) is 0 Å². The van der Waals surface area contributed by atoms with Crippen molar-refractivity contribution in [2.24, 2.45) is 11.8 Å². The van der Waals surface area contributed by atoms with Crippen LogP contribution in [0.1, 0.15) is 56.9 Å². The highest BCUT2D eigenvalue weighted by Crippen LogP contribution is 2.34. The smallest absolute Gasteiger partial charge is 0.303 e. The second-order valence-electron chi connectivity index (χ2n) is 8.08. The summed E-state index contributed by atoms with van der Waals surface area (Å²) in [4.78, 5) is 22.8. The molecule has 0 spiro atoms. The van der Waals surface area contributed by atoms with Gasteiger partial charge in [-0.05, 0) is 42.4 Å². The van der Waals surface area contributed by atoms with Crippen molar-refractivity contribution in [2.75, 3.05) is 0 Å². The zero-order valence-corrected chi connectivity index (χ0v) is 17.2. The lowest BCUT2D eigenvalue weighted by Crippen LogP contribution is -2.13. The van der Waals surface area contributed by atoms with Crippen molar-refractivity contribution >= 4 is 17.8 Å². The quantitative estimate of drug-likeness (QED) is 0.455. The fourth-order valence-corrected chi connectivity index (χ4v) is 4.23. The SMILES string of the molecule is O=C(O)CCCCCC[C@@H]1C(=O)CC[C@H]1C=Cc1ccc(-c2ccccc2)cc1F. The third-order valence-electron chi connectivity index (χ3n) is 5.94. The Labute approximate surface area is 177 Å². The molecule has 1 N–H and O–H groups in total. The maximum atomic E-state index is 14.6. The second kappa shape index (κ2) is 10.9. The summed E-state index contributed by atoms with van der Waals surface area (Å²) >= 11 is 0. The number of hydrogen-bond acceptors (Lipinski definition) is 2. The lowest BCUT2D eigenvalue weighted by Gasteiger charge is -2.15. The lowest BCUT2D eigenvalue weighted by molar-refractivity contribution is -0.137. The molecule has 0 radical (unpaired) electrons. The number of Topliss-reactive ketones (excluding diaryl/α,β-unsaturated/α-hetero) is 1. The van der Waals surface area contributed by atoms with Crippen LogP contribution in [0.25, 0.3) is 17.2 Å². The van der Waals surface area contributed by atoms with Gasteiger partial charge in [-0.15, -0.1) is 0 Å². The molecule has 0 saturated heterocycles. The van der Waals surface area contributed by atoms with Crippen molar-refractivity contribution in [3.05, 3.63) is 66.0 Å². The Morgan fingerprint density at radius 3 is 2.53 bits per heavy atom. The summed E-state index contributed by atoms with van der Waals surface area (Å²) < 4.78 is 14.6. The Morgan fingerprint density at radius 1 is 1.03 bits per heavy atom. The summed E-state index contributed by atoms with van der Waals surface area (Å²) in [6.45, 7) is 0. The van der Waals surface area contributed by atoms with E-state index in [0.717, 1.165) is 43.2 Å².